The SMILES string of the molecule is C#CCOCCOCCNc1ccccc1[N+](=O)[O-]. The lowest BCUT2D eigenvalue weighted by atomic mass is 10.2. The maximum Gasteiger partial charge on any atom is 0.292 e. The number of terminal acetylenes is 1. The number of anilines is 1. The molecule has 0 saturated heterocycles. The predicted octanol–water partition coefficient (Wildman–Crippen LogP) is 1.67. The molecule has 0 unspecified atom stereocenters. The Morgan fingerprint density at radius 1 is 1.26 bits per heavy atom. The molecule has 0 aliphatic rings. The van der Waals surface area contributed by atoms with Crippen molar-refractivity contribution in [3.05, 3.63) is 34.4 Å². The Hall–Kier alpha value is -2.10. The van der Waals surface area contributed by atoms with Gasteiger partial charge in [-0.1, -0.05) is 18.1 Å². The average Bonchev–Trinajstić information content (AvgIpc) is 2.42. The third kappa shape index (κ3) is 5.86. The average molecular weight is 264 g/mol. The van der Waals surface area contributed by atoms with Gasteiger partial charge in [0, 0.05) is 12.6 Å². The van der Waals surface area contributed by atoms with Crippen LogP contribution in [0.25, 0.3) is 0 Å². The summed E-state index contributed by atoms with van der Waals surface area (Å²) in [7, 11) is 0. The van der Waals surface area contributed by atoms with Gasteiger partial charge in [-0.15, -0.1) is 6.42 Å². The van der Waals surface area contributed by atoms with E-state index in [4.69, 9.17) is 15.9 Å². The number of hydrogen-bond acceptors (Lipinski definition) is 5. The Balaban J connectivity index is 2.19. The molecule has 0 radical (unpaired) electrons. The van der Waals surface area contributed by atoms with E-state index >= 15 is 0 Å². The largest absolute Gasteiger partial charge is 0.377 e. The zero-order valence-electron chi connectivity index (χ0n) is 10.5. The predicted molar refractivity (Wildman–Crippen MR) is 72.1 cm³/mol. The fourth-order valence-corrected chi connectivity index (χ4v) is 1.39. The number of nitrogens with one attached hydrogen (secondary N) is 1. The molecule has 6 heteroatoms. The summed E-state index contributed by atoms with van der Waals surface area (Å²) < 4.78 is 10.3. The monoisotopic (exact) mass is 264 g/mol. The van der Waals surface area contributed by atoms with Gasteiger partial charge in [0.25, 0.3) is 5.69 Å². The Kier molecular flexibility index (Phi) is 7.02. The molecular formula is C13H16N2O4. The van der Waals surface area contributed by atoms with Gasteiger partial charge in [0.05, 0.1) is 24.7 Å². The van der Waals surface area contributed by atoms with Crippen LogP contribution in [0.15, 0.2) is 24.3 Å². The van der Waals surface area contributed by atoms with Crippen LogP contribution in [0, 0.1) is 22.5 Å². The van der Waals surface area contributed by atoms with Crippen LogP contribution in [-0.2, 0) is 9.47 Å². The smallest absolute Gasteiger partial charge is 0.292 e. The van der Waals surface area contributed by atoms with Crippen molar-refractivity contribution < 1.29 is 14.4 Å². The number of ether oxygens (including phenoxy) is 2. The van der Waals surface area contributed by atoms with Crippen molar-refractivity contribution in [2.75, 3.05) is 38.3 Å². The first-order valence-corrected chi connectivity index (χ1v) is 5.82. The molecule has 0 amide bonds. The van der Waals surface area contributed by atoms with Gasteiger partial charge in [0.2, 0.25) is 0 Å². The van der Waals surface area contributed by atoms with Crippen molar-refractivity contribution in [3.63, 3.8) is 0 Å². The second kappa shape index (κ2) is 8.91. The summed E-state index contributed by atoms with van der Waals surface area (Å²) in [4.78, 5) is 10.3. The van der Waals surface area contributed by atoms with E-state index in [9.17, 15) is 10.1 Å². The standard InChI is InChI=1S/C13H16N2O4/c1-2-8-18-10-11-19-9-7-14-12-5-3-4-6-13(12)15(16)17/h1,3-6,14H,7-11H2. The third-order valence-electron chi connectivity index (χ3n) is 2.22. The second-order valence-corrected chi connectivity index (χ2v) is 3.57. The van der Waals surface area contributed by atoms with Crippen LogP contribution < -0.4 is 5.32 Å². The van der Waals surface area contributed by atoms with Crippen LogP contribution in [0.4, 0.5) is 11.4 Å². The third-order valence-corrected chi connectivity index (χ3v) is 2.22. The Morgan fingerprint density at radius 2 is 2.00 bits per heavy atom. The van der Waals surface area contributed by atoms with E-state index < -0.39 is 4.92 Å². The fraction of sp³-hybridized carbons (Fsp3) is 0.385. The van der Waals surface area contributed by atoms with Gasteiger partial charge in [-0.05, 0) is 6.07 Å². The minimum Gasteiger partial charge on any atom is -0.377 e. The number of nitro benzene ring substituents is 1. The minimum atomic E-state index is -0.420. The molecule has 0 fully saturated rings. The molecular weight excluding hydrogens is 248 g/mol. The molecule has 0 bridgehead atoms. The molecule has 0 atom stereocenters. The maximum atomic E-state index is 10.8. The normalized spacial score (nSPS) is 9.84. The van der Waals surface area contributed by atoms with E-state index in [1.807, 2.05) is 0 Å². The zero-order chi connectivity index (χ0) is 13.9. The van der Waals surface area contributed by atoms with E-state index in [0.717, 1.165) is 0 Å². The first-order chi connectivity index (χ1) is 9.25. The lowest BCUT2D eigenvalue weighted by molar-refractivity contribution is -0.384. The Morgan fingerprint density at radius 3 is 2.74 bits per heavy atom. The molecule has 0 aliphatic carbocycles. The lowest BCUT2D eigenvalue weighted by Crippen LogP contribution is -2.13. The highest BCUT2D eigenvalue weighted by Crippen LogP contribution is 2.22. The number of benzene rings is 1. The molecule has 1 aromatic carbocycles. The summed E-state index contributed by atoms with van der Waals surface area (Å²) in [6.45, 7) is 2.08. The first kappa shape index (κ1) is 15.0. The van der Waals surface area contributed by atoms with Gasteiger partial charge in [-0.3, -0.25) is 10.1 Å². The maximum absolute atomic E-state index is 10.8. The molecule has 0 saturated carbocycles. The van der Waals surface area contributed by atoms with E-state index in [2.05, 4.69) is 11.2 Å². The summed E-state index contributed by atoms with van der Waals surface area (Å²) >= 11 is 0. The number of nitrogens with zero attached hydrogens (tertiary/aromatic N) is 1. The Bertz CT molecular complexity index is 443. The van der Waals surface area contributed by atoms with Crippen molar-refractivity contribution in [2.45, 2.75) is 0 Å². The van der Waals surface area contributed by atoms with Crippen molar-refractivity contribution in [2.24, 2.45) is 0 Å². The summed E-state index contributed by atoms with van der Waals surface area (Å²) in [6, 6.07) is 6.48. The number of hydrogen-bond donors (Lipinski definition) is 1. The quantitative estimate of drug-likeness (QED) is 0.318. The molecule has 1 N–H and O–H groups in total. The van der Waals surface area contributed by atoms with E-state index in [0.29, 0.717) is 32.1 Å². The molecule has 0 heterocycles. The summed E-state index contributed by atoms with van der Waals surface area (Å²) in [5.41, 5.74) is 0.541. The molecule has 1 aromatic rings. The summed E-state index contributed by atoms with van der Waals surface area (Å²) in [5.74, 6) is 2.35. The highest BCUT2D eigenvalue weighted by atomic mass is 16.6. The highest BCUT2D eigenvalue weighted by molar-refractivity contribution is 5.60. The second-order valence-electron chi connectivity index (χ2n) is 3.57. The van der Waals surface area contributed by atoms with E-state index in [1.54, 1.807) is 18.2 Å². The molecule has 0 spiro atoms. The van der Waals surface area contributed by atoms with Gasteiger partial charge in [0.15, 0.2) is 0 Å². The zero-order valence-corrected chi connectivity index (χ0v) is 10.5. The van der Waals surface area contributed by atoms with Crippen molar-refractivity contribution in [1.29, 1.82) is 0 Å². The molecule has 6 nitrogen and oxygen atoms in total. The number of rotatable bonds is 9. The Labute approximate surface area is 111 Å². The molecule has 19 heavy (non-hydrogen) atoms. The lowest BCUT2D eigenvalue weighted by Gasteiger charge is -2.07. The van der Waals surface area contributed by atoms with Gasteiger partial charge in [-0.25, -0.2) is 0 Å². The summed E-state index contributed by atoms with van der Waals surface area (Å²) in [5, 5.41) is 13.7. The minimum absolute atomic E-state index is 0.0554. The van der Waals surface area contributed by atoms with Crippen molar-refractivity contribution >= 4 is 11.4 Å². The molecule has 1 rings (SSSR count). The van der Waals surface area contributed by atoms with E-state index in [-0.39, 0.29) is 12.3 Å². The van der Waals surface area contributed by atoms with Gasteiger partial charge in [0.1, 0.15) is 12.3 Å². The topological polar surface area (TPSA) is 73.6 Å². The van der Waals surface area contributed by atoms with Crippen LogP contribution in [0.3, 0.4) is 0 Å². The van der Waals surface area contributed by atoms with Gasteiger partial charge >= 0.3 is 0 Å². The van der Waals surface area contributed by atoms with Crippen LogP contribution in [-0.4, -0.2) is 37.9 Å². The summed E-state index contributed by atoms with van der Waals surface area (Å²) in [6.07, 6.45) is 5.01. The fourth-order valence-electron chi connectivity index (χ4n) is 1.39. The van der Waals surface area contributed by atoms with Crippen LogP contribution in [0.5, 0.6) is 0 Å². The first-order valence-electron chi connectivity index (χ1n) is 5.82. The van der Waals surface area contributed by atoms with Crippen LogP contribution >= 0.6 is 0 Å². The van der Waals surface area contributed by atoms with Crippen LogP contribution in [0.2, 0.25) is 0 Å². The molecule has 102 valence electrons. The van der Waals surface area contributed by atoms with Gasteiger partial charge < -0.3 is 14.8 Å². The van der Waals surface area contributed by atoms with E-state index in [1.165, 1.54) is 6.07 Å². The number of nitro groups is 1. The van der Waals surface area contributed by atoms with Crippen molar-refractivity contribution in [1.82, 2.24) is 0 Å². The number of para-hydroxylation sites is 2. The van der Waals surface area contributed by atoms with Crippen molar-refractivity contribution in [3.8, 4) is 12.3 Å². The molecule has 0 aromatic heterocycles. The molecule has 0 aliphatic heterocycles. The highest BCUT2D eigenvalue weighted by Gasteiger charge is 2.10. The van der Waals surface area contributed by atoms with Crippen LogP contribution in [0.1, 0.15) is 0 Å². The van der Waals surface area contributed by atoms with Gasteiger partial charge in [-0.2, -0.15) is 0 Å².